The zero-order chi connectivity index (χ0) is 19.8. The largest absolute Gasteiger partial charge is 0.355 e. The van der Waals surface area contributed by atoms with Gasteiger partial charge >= 0.3 is 0 Å². The first-order valence-corrected chi connectivity index (χ1v) is 11.4. The molecule has 3 aliphatic heterocycles. The molecule has 3 aliphatic rings. The van der Waals surface area contributed by atoms with Gasteiger partial charge in [0, 0.05) is 59.4 Å². The van der Waals surface area contributed by atoms with Crippen molar-refractivity contribution < 1.29 is 4.79 Å². The minimum atomic E-state index is -0.00161. The standard InChI is InChI=1S/C21H40N6O.HI/c1-19(20(28)26-12-7-8-13-26)25-15-17-27(18-16-25)21(22-2)23-9-14-24-10-5-3-4-6-11-24;/h19H,3-18H2,1-2H3,(H,22,23);1H. The highest BCUT2D eigenvalue weighted by atomic mass is 127. The molecule has 3 saturated heterocycles. The third-order valence-corrected chi connectivity index (χ3v) is 6.56. The SMILES string of the molecule is CN=C(NCCN1CCCCCC1)N1CCN(C(C)C(=O)N2CCCC2)CC1.I. The molecule has 3 rings (SSSR count). The molecule has 7 nitrogen and oxygen atoms in total. The summed E-state index contributed by atoms with van der Waals surface area (Å²) in [5, 5.41) is 3.56. The summed E-state index contributed by atoms with van der Waals surface area (Å²) in [5.41, 5.74) is 0. The summed E-state index contributed by atoms with van der Waals surface area (Å²) in [7, 11) is 1.88. The molecule has 1 amide bonds. The van der Waals surface area contributed by atoms with Crippen LogP contribution >= 0.6 is 24.0 Å². The van der Waals surface area contributed by atoms with Gasteiger partial charge in [0.25, 0.3) is 0 Å². The van der Waals surface area contributed by atoms with E-state index >= 15 is 0 Å². The van der Waals surface area contributed by atoms with Crippen LogP contribution in [0.15, 0.2) is 4.99 Å². The third kappa shape index (κ3) is 7.24. The molecule has 0 aromatic heterocycles. The molecule has 1 N–H and O–H groups in total. The molecule has 0 saturated carbocycles. The molecule has 3 heterocycles. The van der Waals surface area contributed by atoms with E-state index in [-0.39, 0.29) is 30.0 Å². The van der Waals surface area contributed by atoms with Gasteiger partial charge in [-0.2, -0.15) is 0 Å². The normalized spacial score (nSPS) is 23.4. The number of nitrogens with zero attached hydrogens (tertiary/aromatic N) is 5. The summed E-state index contributed by atoms with van der Waals surface area (Å²) < 4.78 is 0. The van der Waals surface area contributed by atoms with E-state index in [2.05, 4.69) is 31.9 Å². The summed E-state index contributed by atoms with van der Waals surface area (Å²) in [6, 6.07) is -0.00161. The second-order valence-corrected chi connectivity index (χ2v) is 8.46. The number of amides is 1. The lowest BCUT2D eigenvalue weighted by Gasteiger charge is -2.39. The van der Waals surface area contributed by atoms with E-state index in [9.17, 15) is 4.79 Å². The van der Waals surface area contributed by atoms with E-state index < -0.39 is 0 Å². The van der Waals surface area contributed by atoms with Crippen LogP contribution in [0.5, 0.6) is 0 Å². The van der Waals surface area contributed by atoms with Crippen molar-refractivity contribution in [3.8, 4) is 0 Å². The number of rotatable bonds is 5. The van der Waals surface area contributed by atoms with Crippen LogP contribution in [0.2, 0.25) is 0 Å². The fraction of sp³-hybridized carbons (Fsp3) is 0.905. The zero-order valence-corrected chi connectivity index (χ0v) is 20.8. The Morgan fingerprint density at radius 1 is 0.862 bits per heavy atom. The molecular formula is C21H41IN6O. The Kier molecular flexibility index (Phi) is 11.0. The van der Waals surface area contributed by atoms with Crippen molar-refractivity contribution in [1.29, 1.82) is 0 Å². The van der Waals surface area contributed by atoms with Crippen LogP contribution in [0.4, 0.5) is 0 Å². The first-order chi connectivity index (χ1) is 13.7. The Bertz CT molecular complexity index is 509. The van der Waals surface area contributed by atoms with Crippen molar-refractivity contribution in [2.75, 3.05) is 72.5 Å². The Morgan fingerprint density at radius 3 is 2.03 bits per heavy atom. The highest BCUT2D eigenvalue weighted by Crippen LogP contribution is 2.14. The number of aliphatic imine (C=N–C) groups is 1. The van der Waals surface area contributed by atoms with Crippen LogP contribution in [0.3, 0.4) is 0 Å². The van der Waals surface area contributed by atoms with E-state index in [4.69, 9.17) is 0 Å². The lowest BCUT2D eigenvalue weighted by Crippen LogP contribution is -2.57. The van der Waals surface area contributed by atoms with Crippen molar-refractivity contribution in [2.45, 2.75) is 51.5 Å². The van der Waals surface area contributed by atoms with Crippen LogP contribution in [0.1, 0.15) is 45.4 Å². The molecule has 0 aromatic rings. The zero-order valence-electron chi connectivity index (χ0n) is 18.4. The van der Waals surface area contributed by atoms with E-state index in [0.29, 0.717) is 5.91 Å². The minimum Gasteiger partial charge on any atom is -0.355 e. The summed E-state index contributed by atoms with van der Waals surface area (Å²) in [5.74, 6) is 1.32. The number of likely N-dealkylation sites (tertiary alicyclic amines) is 2. The fourth-order valence-corrected chi connectivity index (χ4v) is 4.70. The number of carbonyl (C=O) groups excluding carboxylic acids is 1. The van der Waals surface area contributed by atoms with E-state index in [1.54, 1.807) is 0 Å². The molecule has 0 aliphatic carbocycles. The topological polar surface area (TPSA) is 54.4 Å². The number of piperazine rings is 1. The predicted molar refractivity (Wildman–Crippen MR) is 130 cm³/mol. The lowest BCUT2D eigenvalue weighted by atomic mass is 10.2. The van der Waals surface area contributed by atoms with Crippen LogP contribution < -0.4 is 5.32 Å². The maximum Gasteiger partial charge on any atom is 0.239 e. The van der Waals surface area contributed by atoms with Crippen LogP contribution in [-0.2, 0) is 4.79 Å². The predicted octanol–water partition coefficient (Wildman–Crippen LogP) is 1.68. The maximum absolute atomic E-state index is 12.7. The summed E-state index contributed by atoms with van der Waals surface area (Å²) in [6.07, 6.45) is 7.76. The number of halogens is 1. The molecular weight excluding hydrogens is 479 g/mol. The number of guanidine groups is 1. The number of nitrogens with one attached hydrogen (secondary N) is 1. The fourth-order valence-electron chi connectivity index (χ4n) is 4.70. The highest BCUT2D eigenvalue weighted by Gasteiger charge is 2.30. The van der Waals surface area contributed by atoms with Gasteiger partial charge in [0.05, 0.1) is 6.04 Å². The van der Waals surface area contributed by atoms with Crippen LogP contribution in [0.25, 0.3) is 0 Å². The van der Waals surface area contributed by atoms with Crippen LogP contribution in [0, 0.1) is 0 Å². The van der Waals surface area contributed by atoms with Gasteiger partial charge in [-0.1, -0.05) is 12.8 Å². The van der Waals surface area contributed by atoms with Crippen molar-refractivity contribution in [2.24, 2.45) is 4.99 Å². The maximum atomic E-state index is 12.7. The average molecular weight is 521 g/mol. The van der Waals surface area contributed by atoms with Gasteiger partial charge < -0.3 is 20.0 Å². The van der Waals surface area contributed by atoms with Crippen molar-refractivity contribution in [3.63, 3.8) is 0 Å². The molecule has 0 aromatic carbocycles. The second kappa shape index (κ2) is 12.9. The lowest BCUT2D eigenvalue weighted by molar-refractivity contribution is -0.135. The molecule has 8 heteroatoms. The van der Waals surface area contributed by atoms with E-state index in [0.717, 1.165) is 71.2 Å². The Hall–Kier alpha value is -0.610. The molecule has 1 unspecified atom stereocenters. The first-order valence-electron chi connectivity index (χ1n) is 11.4. The van der Waals surface area contributed by atoms with Gasteiger partial charge in [0.2, 0.25) is 5.91 Å². The number of hydrogen-bond donors (Lipinski definition) is 1. The summed E-state index contributed by atoms with van der Waals surface area (Å²) in [4.78, 5) is 26.5. The van der Waals surface area contributed by atoms with Crippen molar-refractivity contribution >= 4 is 35.8 Å². The minimum absolute atomic E-state index is 0. The van der Waals surface area contributed by atoms with E-state index in [1.165, 1.54) is 38.8 Å². The Labute approximate surface area is 194 Å². The van der Waals surface area contributed by atoms with E-state index in [1.807, 2.05) is 11.9 Å². The Balaban J connectivity index is 0.00000300. The van der Waals surface area contributed by atoms with Gasteiger partial charge in [-0.05, 0) is 45.7 Å². The second-order valence-electron chi connectivity index (χ2n) is 8.46. The molecule has 29 heavy (non-hydrogen) atoms. The van der Waals surface area contributed by atoms with Crippen molar-refractivity contribution in [3.05, 3.63) is 0 Å². The van der Waals surface area contributed by atoms with Gasteiger partial charge in [-0.25, -0.2) is 0 Å². The molecule has 3 fully saturated rings. The van der Waals surface area contributed by atoms with Gasteiger partial charge in [0.1, 0.15) is 0 Å². The monoisotopic (exact) mass is 520 g/mol. The van der Waals surface area contributed by atoms with Crippen LogP contribution in [-0.4, -0.2) is 110 Å². The van der Waals surface area contributed by atoms with Gasteiger partial charge in [0.15, 0.2) is 5.96 Å². The molecule has 168 valence electrons. The average Bonchev–Trinajstić information content (AvgIpc) is 3.15. The molecule has 0 radical (unpaired) electrons. The highest BCUT2D eigenvalue weighted by molar-refractivity contribution is 14.0. The smallest absolute Gasteiger partial charge is 0.239 e. The molecule has 0 bridgehead atoms. The summed E-state index contributed by atoms with van der Waals surface area (Å²) in [6.45, 7) is 12.2. The first kappa shape index (κ1) is 24.7. The van der Waals surface area contributed by atoms with Crippen molar-refractivity contribution in [1.82, 2.24) is 24.9 Å². The summed E-state index contributed by atoms with van der Waals surface area (Å²) >= 11 is 0. The number of hydrogen-bond acceptors (Lipinski definition) is 4. The number of carbonyl (C=O) groups is 1. The Morgan fingerprint density at radius 2 is 1.45 bits per heavy atom. The quantitative estimate of drug-likeness (QED) is 0.340. The molecule has 1 atom stereocenters. The third-order valence-electron chi connectivity index (χ3n) is 6.56. The van der Waals surface area contributed by atoms with Gasteiger partial charge in [-0.3, -0.25) is 14.7 Å². The molecule has 0 spiro atoms. The van der Waals surface area contributed by atoms with Gasteiger partial charge in [-0.15, -0.1) is 24.0 Å².